The first-order valence-corrected chi connectivity index (χ1v) is 11.1. The molecule has 0 unspecified atom stereocenters. The van der Waals surface area contributed by atoms with E-state index in [4.69, 9.17) is 14.5 Å². The summed E-state index contributed by atoms with van der Waals surface area (Å²) in [5.74, 6) is 2.92. The third kappa shape index (κ3) is 4.54. The minimum atomic E-state index is 0.333. The molecule has 0 atom stereocenters. The minimum absolute atomic E-state index is 0.333. The standard InChI is InChI=1S/C24H28N6O2/c1-31-22-15-20(7-10-25-22)29-11-8-19(9-12-29)27-24-26-16-21-23(28-24)30(13-14-32-21)17-18-5-3-2-4-6-18/h2-7,10,15-16,19H,8-9,11-14,17H2,1H3,(H,26,27,28). The van der Waals surface area contributed by atoms with E-state index in [1.54, 1.807) is 19.5 Å². The lowest BCUT2D eigenvalue weighted by Crippen LogP contribution is -2.39. The predicted octanol–water partition coefficient (Wildman–Crippen LogP) is 3.36. The van der Waals surface area contributed by atoms with Gasteiger partial charge in [0, 0.05) is 43.6 Å². The van der Waals surface area contributed by atoms with Crippen molar-refractivity contribution in [1.82, 2.24) is 15.0 Å². The van der Waals surface area contributed by atoms with E-state index in [1.165, 1.54) is 5.56 Å². The third-order valence-electron chi connectivity index (χ3n) is 5.99. The Bertz CT molecular complexity index is 1040. The van der Waals surface area contributed by atoms with Crippen molar-refractivity contribution >= 4 is 17.5 Å². The predicted molar refractivity (Wildman–Crippen MR) is 125 cm³/mol. The molecule has 0 aliphatic carbocycles. The average Bonchev–Trinajstić information content (AvgIpc) is 2.85. The number of ether oxygens (including phenoxy) is 2. The van der Waals surface area contributed by atoms with E-state index in [0.29, 0.717) is 24.5 Å². The Morgan fingerprint density at radius 1 is 1.09 bits per heavy atom. The van der Waals surface area contributed by atoms with Crippen LogP contribution in [-0.4, -0.2) is 54.3 Å². The van der Waals surface area contributed by atoms with Crippen LogP contribution in [0.2, 0.25) is 0 Å². The number of anilines is 3. The molecule has 0 bridgehead atoms. The molecule has 3 aromatic rings. The number of nitrogens with zero attached hydrogens (tertiary/aromatic N) is 5. The summed E-state index contributed by atoms with van der Waals surface area (Å²) < 4.78 is 11.1. The molecule has 166 valence electrons. The molecule has 0 spiro atoms. The fraction of sp³-hybridized carbons (Fsp3) is 0.375. The van der Waals surface area contributed by atoms with E-state index >= 15 is 0 Å². The maximum absolute atomic E-state index is 5.80. The van der Waals surface area contributed by atoms with E-state index in [2.05, 4.69) is 49.4 Å². The van der Waals surface area contributed by atoms with Crippen LogP contribution in [0.3, 0.4) is 0 Å². The van der Waals surface area contributed by atoms with Gasteiger partial charge in [-0.05, 0) is 24.5 Å². The van der Waals surface area contributed by atoms with E-state index in [-0.39, 0.29) is 0 Å². The lowest BCUT2D eigenvalue weighted by molar-refractivity contribution is 0.303. The topological polar surface area (TPSA) is 75.6 Å². The maximum atomic E-state index is 5.80. The smallest absolute Gasteiger partial charge is 0.225 e. The number of benzene rings is 1. The van der Waals surface area contributed by atoms with Crippen molar-refractivity contribution in [2.45, 2.75) is 25.4 Å². The Morgan fingerprint density at radius 2 is 1.94 bits per heavy atom. The molecule has 2 aliphatic rings. The van der Waals surface area contributed by atoms with E-state index in [1.807, 2.05) is 18.2 Å². The fourth-order valence-electron chi connectivity index (χ4n) is 4.26. The van der Waals surface area contributed by atoms with Crippen molar-refractivity contribution in [2.75, 3.05) is 48.5 Å². The SMILES string of the molecule is COc1cc(N2CCC(Nc3ncc4c(n3)N(Cc3ccccc3)CCO4)CC2)ccn1. The van der Waals surface area contributed by atoms with Crippen molar-refractivity contribution in [2.24, 2.45) is 0 Å². The van der Waals surface area contributed by atoms with E-state index in [9.17, 15) is 0 Å². The lowest BCUT2D eigenvalue weighted by atomic mass is 10.0. The Morgan fingerprint density at radius 3 is 2.75 bits per heavy atom. The van der Waals surface area contributed by atoms with Gasteiger partial charge in [0.15, 0.2) is 11.6 Å². The molecule has 4 heterocycles. The number of methoxy groups -OCH3 is 1. The quantitative estimate of drug-likeness (QED) is 0.636. The Labute approximate surface area is 188 Å². The normalized spacial score (nSPS) is 16.3. The molecule has 5 rings (SSSR count). The fourth-order valence-corrected chi connectivity index (χ4v) is 4.26. The molecule has 8 heteroatoms. The zero-order valence-electron chi connectivity index (χ0n) is 18.3. The van der Waals surface area contributed by atoms with Gasteiger partial charge in [0.1, 0.15) is 6.61 Å². The molecule has 0 saturated carbocycles. The van der Waals surface area contributed by atoms with Crippen molar-refractivity contribution in [3.63, 3.8) is 0 Å². The highest BCUT2D eigenvalue weighted by molar-refractivity contribution is 5.56. The van der Waals surface area contributed by atoms with Gasteiger partial charge in [-0.25, -0.2) is 9.97 Å². The van der Waals surface area contributed by atoms with Gasteiger partial charge in [-0.15, -0.1) is 0 Å². The summed E-state index contributed by atoms with van der Waals surface area (Å²) in [5, 5.41) is 3.54. The zero-order chi connectivity index (χ0) is 21.8. The van der Waals surface area contributed by atoms with Crippen LogP contribution in [0.1, 0.15) is 18.4 Å². The van der Waals surface area contributed by atoms with Gasteiger partial charge in [-0.1, -0.05) is 30.3 Å². The van der Waals surface area contributed by atoms with Gasteiger partial charge in [0.25, 0.3) is 0 Å². The number of hydrogen-bond donors (Lipinski definition) is 1. The maximum Gasteiger partial charge on any atom is 0.225 e. The summed E-state index contributed by atoms with van der Waals surface area (Å²) in [4.78, 5) is 18.2. The second-order valence-corrected chi connectivity index (χ2v) is 8.10. The zero-order valence-corrected chi connectivity index (χ0v) is 18.3. The molecular formula is C24H28N6O2. The number of nitrogens with one attached hydrogen (secondary N) is 1. The van der Waals surface area contributed by atoms with Crippen LogP contribution < -0.4 is 24.6 Å². The van der Waals surface area contributed by atoms with Gasteiger partial charge in [-0.3, -0.25) is 0 Å². The molecule has 1 fully saturated rings. The van der Waals surface area contributed by atoms with Gasteiger partial charge in [0.2, 0.25) is 11.8 Å². The molecule has 2 aliphatic heterocycles. The van der Waals surface area contributed by atoms with Gasteiger partial charge >= 0.3 is 0 Å². The summed E-state index contributed by atoms with van der Waals surface area (Å²) in [6.45, 7) is 4.18. The molecule has 0 radical (unpaired) electrons. The van der Waals surface area contributed by atoms with Crippen molar-refractivity contribution in [1.29, 1.82) is 0 Å². The highest BCUT2D eigenvalue weighted by Crippen LogP contribution is 2.31. The molecule has 2 aromatic heterocycles. The van der Waals surface area contributed by atoms with Crippen molar-refractivity contribution in [3.8, 4) is 11.6 Å². The summed E-state index contributed by atoms with van der Waals surface area (Å²) in [5.41, 5.74) is 2.41. The summed E-state index contributed by atoms with van der Waals surface area (Å²) in [6.07, 6.45) is 5.60. The molecule has 1 aromatic carbocycles. The molecular weight excluding hydrogens is 404 g/mol. The molecule has 32 heavy (non-hydrogen) atoms. The lowest BCUT2D eigenvalue weighted by Gasteiger charge is -2.34. The summed E-state index contributed by atoms with van der Waals surface area (Å²) in [6, 6.07) is 14.8. The summed E-state index contributed by atoms with van der Waals surface area (Å²) >= 11 is 0. The van der Waals surface area contributed by atoms with Crippen molar-refractivity contribution in [3.05, 3.63) is 60.4 Å². The Balaban J connectivity index is 1.23. The van der Waals surface area contributed by atoms with Crippen LogP contribution in [0.5, 0.6) is 11.6 Å². The number of pyridine rings is 1. The first kappa shape index (κ1) is 20.4. The average molecular weight is 433 g/mol. The molecule has 8 nitrogen and oxygen atoms in total. The van der Waals surface area contributed by atoms with Gasteiger partial charge < -0.3 is 24.6 Å². The third-order valence-corrected chi connectivity index (χ3v) is 5.99. The van der Waals surface area contributed by atoms with E-state index < -0.39 is 0 Å². The first-order valence-electron chi connectivity index (χ1n) is 11.1. The molecule has 0 amide bonds. The van der Waals surface area contributed by atoms with Crippen LogP contribution in [0.25, 0.3) is 0 Å². The Hall–Kier alpha value is -3.55. The Kier molecular flexibility index (Phi) is 5.91. The van der Waals surface area contributed by atoms with Gasteiger partial charge in [0.05, 0.1) is 19.9 Å². The van der Waals surface area contributed by atoms with E-state index in [0.717, 1.165) is 56.3 Å². The largest absolute Gasteiger partial charge is 0.486 e. The number of fused-ring (bicyclic) bond motifs is 1. The van der Waals surface area contributed by atoms with Crippen LogP contribution in [-0.2, 0) is 6.54 Å². The highest BCUT2D eigenvalue weighted by atomic mass is 16.5. The van der Waals surface area contributed by atoms with Crippen LogP contribution in [0.4, 0.5) is 17.5 Å². The summed E-state index contributed by atoms with van der Waals surface area (Å²) in [7, 11) is 1.65. The number of aromatic nitrogens is 3. The molecule has 1 saturated heterocycles. The number of piperidine rings is 1. The number of rotatable bonds is 6. The van der Waals surface area contributed by atoms with Crippen LogP contribution in [0.15, 0.2) is 54.9 Å². The van der Waals surface area contributed by atoms with Gasteiger partial charge in [-0.2, -0.15) is 4.98 Å². The van der Waals surface area contributed by atoms with Crippen LogP contribution in [0, 0.1) is 0 Å². The number of hydrogen-bond acceptors (Lipinski definition) is 8. The first-order chi connectivity index (χ1) is 15.8. The molecule has 1 N–H and O–H groups in total. The van der Waals surface area contributed by atoms with Crippen LogP contribution >= 0.6 is 0 Å². The highest BCUT2D eigenvalue weighted by Gasteiger charge is 2.24. The minimum Gasteiger partial charge on any atom is -0.486 e. The monoisotopic (exact) mass is 432 g/mol. The van der Waals surface area contributed by atoms with Crippen molar-refractivity contribution < 1.29 is 9.47 Å². The second-order valence-electron chi connectivity index (χ2n) is 8.10. The second kappa shape index (κ2) is 9.30.